The van der Waals surface area contributed by atoms with Gasteiger partial charge in [-0.15, -0.1) is 0 Å². The molecule has 0 unspecified atom stereocenters. The van der Waals surface area contributed by atoms with Crippen LogP contribution in [0.1, 0.15) is 32.1 Å². The van der Waals surface area contributed by atoms with Crippen LogP contribution < -0.4 is 14.8 Å². The van der Waals surface area contributed by atoms with Gasteiger partial charge < -0.3 is 14.8 Å². The van der Waals surface area contributed by atoms with Crippen LogP contribution in [0.5, 0.6) is 11.5 Å². The van der Waals surface area contributed by atoms with Gasteiger partial charge in [-0.25, -0.2) is 0 Å². The SMILES string of the molecule is c1cc2c(cc1NC1=NC3(CCCCC3)CS1)OCCO2. The second-order valence-electron chi connectivity index (χ2n) is 5.97. The Kier molecular flexibility index (Phi) is 3.45. The molecule has 0 bridgehead atoms. The molecule has 112 valence electrons. The van der Waals surface area contributed by atoms with Crippen LogP contribution in [0.4, 0.5) is 5.69 Å². The average molecular weight is 304 g/mol. The fourth-order valence-electron chi connectivity index (χ4n) is 3.26. The number of nitrogens with one attached hydrogen (secondary N) is 1. The molecule has 0 aromatic heterocycles. The minimum atomic E-state index is 0.207. The van der Waals surface area contributed by atoms with Gasteiger partial charge in [-0.3, -0.25) is 4.99 Å². The fraction of sp³-hybridized carbons (Fsp3) is 0.562. The largest absolute Gasteiger partial charge is 0.486 e. The molecule has 3 aliphatic rings. The van der Waals surface area contributed by atoms with Gasteiger partial charge in [0.05, 0.1) is 5.54 Å². The van der Waals surface area contributed by atoms with E-state index in [2.05, 4.69) is 5.32 Å². The number of anilines is 1. The highest BCUT2D eigenvalue weighted by Gasteiger charge is 2.36. The molecule has 4 nitrogen and oxygen atoms in total. The first-order chi connectivity index (χ1) is 10.3. The minimum absolute atomic E-state index is 0.207. The smallest absolute Gasteiger partial charge is 0.163 e. The zero-order valence-corrected chi connectivity index (χ0v) is 12.9. The molecule has 21 heavy (non-hydrogen) atoms. The Labute approximate surface area is 129 Å². The average Bonchev–Trinajstić information content (AvgIpc) is 2.90. The van der Waals surface area contributed by atoms with Crippen LogP contribution in [0.15, 0.2) is 23.2 Å². The Morgan fingerprint density at radius 1 is 1.05 bits per heavy atom. The Morgan fingerprint density at radius 3 is 2.71 bits per heavy atom. The van der Waals surface area contributed by atoms with Crippen molar-refractivity contribution in [3.63, 3.8) is 0 Å². The quantitative estimate of drug-likeness (QED) is 0.859. The molecule has 4 rings (SSSR count). The summed E-state index contributed by atoms with van der Waals surface area (Å²) in [6, 6.07) is 6.00. The summed E-state index contributed by atoms with van der Waals surface area (Å²) in [5, 5.41) is 4.49. The maximum absolute atomic E-state index is 5.63. The lowest BCUT2D eigenvalue weighted by Gasteiger charge is -2.29. The predicted molar refractivity (Wildman–Crippen MR) is 86.8 cm³/mol. The van der Waals surface area contributed by atoms with Crippen molar-refractivity contribution < 1.29 is 9.47 Å². The Bertz CT molecular complexity index is 567. The van der Waals surface area contributed by atoms with Gasteiger partial charge in [-0.1, -0.05) is 31.0 Å². The molecule has 1 aromatic rings. The first-order valence-electron chi connectivity index (χ1n) is 7.72. The molecule has 0 atom stereocenters. The summed E-state index contributed by atoms with van der Waals surface area (Å²) in [7, 11) is 0. The van der Waals surface area contributed by atoms with Crippen LogP contribution in [-0.2, 0) is 0 Å². The summed E-state index contributed by atoms with van der Waals surface area (Å²) in [5.41, 5.74) is 1.23. The maximum Gasteiger partial charge on any atom is 0.163 e. The third-order valence-electron chi connectivity index (χ3n) is 4.39. The molecule has 1 aliphatic carbocycles. The summed E-state index contributed by atoms with van der Waals surface area (Å²) in [6.07, 6.45) is 6.49. The van der Waals surface area contributed by atoms with E-state index in [4.69, 9.17) is 14.5 Å². The topological polar surface area (TPSA) is 42.9 Å². The highest BCUT2D eigenvalue weighted by Crippen LogP contribution is 2.40. The van der Waals surface area contributed by atoms with Gasteiger partial charge in [-0.2, -0.15) is 0 Å². The lowest BCUT2D eigenvalue weighted by atomic mass is 9.84. The van der Waals surface area contributed by atoms with Gasteiger partial charge >= 0.3 is 0 Å². The summed E-state index contributed by atoms with van der Waals surface area (Å²) < 4.78 is 11.2. The zero-order valence-electron chi connectivity index (χ0n) is 12.1. The molecule has 0 amide bonds. The molecule has 0 radical (unpaired) electrons. The van der Waals surface area contributed by atoms with Crippen molar-refractivity contribution in [3.05, 3.63) is 18.2 Å². The second kappa shape index (κ2) is 5.44. The number of fused-ring (bicyclic) bond motifs is 1. The maximum atomic E-state index is 5.63. The van der Waals surface area contributed by atoms with Crippen LogP contribution in [0.2, 0.25) is 0 Å². The third kappa shape index (κ3) is 2.71. The fourth-order valence-corrected chi connectivity index (χ4v) is 4.46. The van der Waals surface area contributed by atoms with E-state index in [1.165, 1.54) is 32.1 Å². The van der Waals surface area contributed by atoms with Crippen LogP contribution in [0.25, 0.3) is 0 Å². The van der Waals surface area contributed by atoms with Crippen molar-refractivity contribution in [2.75, 3.05) is 24.3 Å². The summed E-state index contributed by atoms with van der Waals surface area (Å²) in [5.74, 6) is 2.78. The predicted octanol–water partition coefficient (Wildman–Crippen LogP) is 3.68. The van der Waals surface area contributed by atoms with Crippen LogP contribution in [-0.4, -0.2) is 29.7 Å². The van der Waals surface area contributed by atoms with Crippen molar-refractivity contribution in [2.45, 2.75) is 37.6 Å². The zero-order chi connectivity index (χ0) is 14.1. The highest BCUT2D eigenvalue weighted by molar-refractivity contribution is 8.14. The van der Waals surface area contributed by atoms with E-state index in [0.717, 1.165) is 28.1 Å². The second-order valence-corrected chi connectivity index (χ2v) is 6.94. The number of rotatable bonds is 1. The molecule has 1 N–H and O–H groups in total. The normalized spacial score (nSPS) is 23.0. The van der Waals surface area contributed by atoms with E-state index in [9.17, 15) is 0 Å². The first kappa shape index (κ1) is 13.3. The van der Waals surface area contributed by atoms with Gasteiger partial charge in [0.25, 0.3) is 0 Å². The highest BCUT2D eigenvalue weighted by atomic mass is 32.2. The van der Waals surface area contributed by atoms with Crippen molar-refractivity contribution in [3.8, 4) is 11.5 Å². The number of benzene rings is 1. The molecular weight excluding hydrogens is 284 g/mol. The summed E-state index contributed by atoms with van der Waals surface area (Å²) in [6.45, 7) is 1.25. The molecule has 5 heteroatoms. The number of aliphatic imine (C=N–C) groups is 1. The van der Waals surface area contributed by atoms with Gasteiger partial charge in [0.2, 0.25) is 0 Å². The van der Waals surface area contributed by atoms with E-state index >= 15 is 0 Å². The van der Waals surface area contributed by atoms with Crippen LogP contribution in [0, 0.1) is 0 Å². The molecule has 1 spiro atoms. The van der Waals surface area contributed by atoms with E-state index in [-0.39, 0.29) is 5.54 Å². The van der Waals surface area contributed by atoms with Crippen molar-refractivity contribution in [1.29, 1.82) is 0 Å². The number of ether oxygens (including phenoxy) is 2. The van der Waals surface area contributed by atoms with Gasteiger partial charge in [0, 0.05) is 17.5 Å². The molecule has 2 heterocycles. The Hall–Kier alpha value is -1.36. The lowest BCUT2D eigenvalue weighted by molar-refractivity contribution is 0.171. The number of thioether (sulfide) groups is 1. The van der Waals surface area contributed by atoms with Crippen LogP contribution >= 0.6 is 11.8 Å². The standard InChI is InChI=1S/C16H20N2O2S/c1-2-6-16(7-3-1)11-21-15(18-16)17-12-4-5-13-14(10-12)20-9-8-19-13/h4-5,10H,1-3,6-9,11H2,(H,17,18). The summed E-state index contributed by atoms with van der Waals surface area (Å²) in [4.78, 5) is 4.98. The van der Waals surface area contributed by atoms with Crippen molar-refractivity contribution in [1.82, 2.24) is 0 Å². The Morgan fingerprint density at radius 2 is 1.86 bits per heavy atom. The first-order valence-corrected chi connectivity index (χ1v) is 8.71. The molecule has 2 aliphatic heterocycles. The lowest BCUT2D eigenvalue weighted by Crippen LogP contribution is -2.29. The third-order valence-corrected chi connectivity index (χ3v) is 5.54. The van der Waals surface area contributed by atoms with Crippen molar-refractivity contribution in [2.24, 2.45) is 4.99 Å². The van der Waals surface area contributed by atoms with E-state index in [1.54, 1.807) is 0 Å². The van der Waals surface area contributed by atoms with E-state index < -0.39 is 0 Å². The van der Waals surface area contributed by atoms with E-state index in [1.807, 2.05) is 30.0 Å². The van der Waals surface area contributed by atoms with Gasteiger partial charge in [0.1, 0.15) is 13.2 Å². The molecule has 0 saturated heterocycles. The van der Waals surface area contributed by atoms with Gasteiger partial charge in [0.15, 0.2) is 16.7 Å². The monoisotopic (exact) mass is 304 g/mol. The van der Waals surface area contributed by atoms with Crippen molar-refractivity contribution >= 4 is 22.6 Å². The number of hydrogen-bond donors (Lipinski definition) is 1. The number of nitrogens with zero attached hydrogens (tertiary/aromatic N) is 1. The molecule has 1 saturated carbocycles. The minimum Gasteiger partial charge on any atom is -0.486 e. The molecule has 1 aromatic carbocycles. The van der Waals surface area contributed by atoms with Crippen LogP contribution in [0.3, 0.4) is 0 Å². The Balaban J connectivity index is 1.50. The number of amidine groups is 1. The number of hydrogen-bond acceptors (Lipinski definition) is 5. The summed E-state index contributed by atoms with van der Waals surface area (Å²) >= 11 is 1.85. The molecular formula is C16H20N2O2S. The van der Waals surface area contributed by atoms with E-state index in [0.29, 0.717) is 13.2 Å². The molecule has 1 fully saturated rings. The van der Waals surface area contributed by atoms with Gasteiger partial charge in [-0.05, 0) is 25.0 Å².